The number of halogens is 2. The third-order valence-electron chi connectivity index (χ3n) is 4.48. The molecule has 0 saturated heterocycles. The molecule has 1 aromatic carbocycles. The van der Waals surface area contributed by atoms with Gasteiger partial charge in [0.1, 0.15) is 11.3 Å². The molecule has 0 radical (unpaired) electrons. The predicted octanol–water partition coefficient (Wildman–Crippen LogP) is 3.61. The minimum Gasteiger partial charge on any atom is -0.453 e. The van der Waals surface area contributed by atoms with Gasteiger partial charge in [-0.3, -0.25) is 4.79 Å². The molecule has 158 valence electrons. The molecule has 0 unspecified atom stereocenters. The van der Waals surface area contributed by atoms with E-state index in [0.717, 1.165) is 5.69 Å². The van der Waals surface area contributed by atoms with Crippen LogP contribution in [0.15, 0.2) is 34.9 Å². The van der Waals surface area contributed by atoms with Crippen LogP contribution in [0.5, 0.6) is 5.75 Å². The number of hydrogen-bond donors (Lipinski definition) is 1. The average Bonchev–Trinajstić information content (AvgIpc) is 3.18. The summed E-state index contributed by atoms with van der Waals surface area (Å²) in [6, 6.07) is 7.69. The van der Waals surface area contributed by atoms with E-state index in [-0.39, 0.29) is 22.9 Å². The van der Waals surface area contributed by atoms with Crippen LogP contribution >= 0.6 is 0 Å². The summed E-state index contributed by atoms with van der Waals surface area (Å²) < 4.78 is 40.5. The van der Waals surface area contributed by atoms with E-state index < -0.39 is 25.0 Å². The highest BCUT2D eigenvalue weighted by Crippen LogP contribution is 2.24. The highest BCUT2D eigenvalue weighted by atomic mass is 19.3. The zero-order chi connectivity index (χ0) is 22.0. The Kier molecular flexibility index (Phi) is 5.86. The van der Waals surface area contributed by atoms with E-state index in [1.807, 2.05) is 0 Å². The Morgan fingerprint density at radius 1 is 1.20 bits per heavy atom. The van der Waals surface area contributed by atoms with Crippen LogP contribution in [0.2, 0.25) is 0 Å². The number of alkyl halides is 2. The van der Waals surface area contributed by atoms with Crippen LogP contribution in [0, 0.1) is 20.8 Å². The summed E-state index contributed by atoms with van der Waals surface area (Å²) in [4.78, 5) is 24.8. The van der Waals surface area contributed by atoms with Gasteiger partial charge >= 0.3 is 12.6 Å². The molecule has 2 aromatic heterocycles. The number of carbonyl (C=O) groups excluding carboxylic acids is 2. The quantitative estimate of drug-likeness (QED) is 0.460. The summed E-state index contributed by atoms with van der Waals surface area (Å²) in [6.07, 6.45) is 0. The number of carbonyl (C=O) groups is 2. The van der Waals surface area contributed by atoms with Crippen LogP contribution in [0.4, 0.5) is 14.7 Å². The molecule has 30 heavy (non-hydrogen) atoms. The maximum absolute atomic E-state index is 12.6. The Hall–Kier alpha value is -3.69. The first-order valence-electron chi connectivity index (χ1n) is 8.85. The second-order valence-electron chi connectivity index (χ2n) is 6.50. The van der Waals surface area contributed by atoms with Gasteiger partial charge in [0.15, 0.2) is 6.61 Å². The molecule has 2 heterocycles. The van der Waals surface area contributed by atoms with Gasteiger partial charge in [-0.25, -0.2) is 4.79 Å². The Morgan fingerprint density at radius 3 is 2.43 bits per heavy atom. The van der Waals surface area contributed by atoms with Crippen molar-refractivity contribution >= 4 is 17.6 Å². The van der Waals surface area contributed by atoms with Crippen molar-refractivity contribution in [2.75, 3.05) is 12.3 Å². The maximum Gasteiger partial charge on any atom is 0.387 e. The molecule has 0 saturated carbocycles. The number of Topliss-reactive ketones (excluding diaryl/α,β-unsaturated/α-hetero) is 1. The van der Waals surface area contributed by atoms with E-state index in [1.165, 1.54) is 19.1 Å². The van der Waals surface area contributed by atoms with Crippen LogP contribution in [0.3, 0.4) is 0 Å². The fourth-order valence-electron chi connectivity index (χ4n) is 3.14. The lowest BCUT2D eigenvalue weighted by molar-refractivity contribution is -0.0498. The molecule has 10 heteroatoms. The van der Waals surface area contributed by atoms with E-state index in [2.05, 4.69) is 9.89 Å². The van der Waals surface area contributed by atoms with Crippen molar-refractivity contribution in [3.63, 3.8) is 0 Å². The number of nitrogen functional groups attached to an aromatic ring is 1. The summed E-state index contributed by atoms with van der Waals surface area (Å²) in [7, 11) is 0. The normalized spacial score (nSPS) is 11.0. The smallest absolute Gasteiger partial charge is 0.387 e. The monoisotopic (exact) mass is 419 g/mol. The van der Waals surface area contributed by atoms with E-state index >= 15 is 0 Å². The topological polar surface area (TPSA) is 110 Å². The van der Waals surface area contributed by atoms with Gasteiger partial charge in [-0.2, -0.15) is 8.78 Å². The fourth-order valence-corrected chi connectivity index (χ4v) is 3.14. The van der Waals surface area contributed by atoms with Crippen molar-refractivity contribution in [1.29, 1.82) is 0 Å². The number of ether oxygens (including phenoxy) is 2. The number of esters is 1. The molecule has 8 nitrogen and oxygen atoms in total. The van der Waals surface area contributed by atoms with Crippen LogP contribution in [0.25, 0.3) is 5.69 Å². The van der Waals surface area contributed by atoms with Crippen molar-refractivity contribution in [1.82, 2.24) is 9.72 Å². The van der Waals surface area contributed by atoms with E-state index in [0.29, 0.717) is 16.9 Å². The van der Waals surface area contributed by atoms with Crippen molar-refractivity contribution in [3.05, 3.63) is 58.5 Å². The number of rotatable bonds is 7. The first-order valence-corrected chi connectivity index (χ1v) is 8.85. The number of aromatic nitrogens is 2. The van der Waals surface area contributed by atoms with Gasteiger partial charge in [0.2, 0.25) is 11.7 Å². The second kappa shape index (κ2) is 8.36. The van der Waals surface area contributed by atoms with Gasteiger partial charge in [-0.05, 0) is 51.1 Å². The maximum atomic E-state index is 12.6. The molecular formula is C20H19F2N3O5. The molecule has 3 rings (SSSR count). The summed E-state index contributed by atoms with van der Waals surface area (Å²) in [5.41, 5.74) is 8.17. The van der Waals surface area contributed by atoms with Crippen molar-refractivity contribution in [2.24, 2.45) is 0 Å². The molecule has 0 spiro atoms. The number of nitrogens with two attached hydrogens (primary N) is 1. The molecule has 0 aliphatic heterocycles. The Balaban J connectivity index is 1.76. The molecule has 0 aliphatic rings. The molecule has 0 bridgehead atoms. The number of benzene rings is 1. The zero-order valence-electron chi connectivity index (χ0n) is 16.4. The van der Waals surface area contributed by atoms with Crippen molar-refractivity contribution in [3.8, 4) is 11.4 Å². The summed E-state index contributed by atoms with van der Waals surface area (Å²) in [5, 5.41) is 3.57. The van der Waals surface area contributed by atoms with E-state index in [1.54, 1.807) is 36.6 Å². The Morgan fingerprint density at radius 2 is 1.87 bits per heavy atom. The summed E-state index contributed by atoms with van der Waals surface area (Å²) >= 11 is 0. The predicted molar refractivity (Wildman–Crippen MR) is 102 cm³/mol. The van der Waals surface area contributed by atoms with E-state index in [4.69, 9.17) is 15.0 Å². The third kappa shape index (κ3) is 4.17. The zero-order valence-corrected chi connectivity index (χ0v) is 16.4. The number of ketones is 1. The number of aryl methyl sites for hydroxylation is 2. The van der Waals surface area contributed by atoms with E-state index in [9.17, 15) is 18.4 Å². The third-order valence-corrected chi connectivity index (χ3v) is 4.48. The Labute approximate surface area is 170 Å². The molecular weight excluding hydrogens is 400 g/mol. The van der Waals surface area contributed by atoms with Gasteiger partial charge in [0, 0.05) is 22.6 Å². The average molecular weight is 419 g/mol. The molecule has 0 aliphatic carbocycles. The second-order valence-corrected chi connectivity index (χ2v) is 6.50. The molecule has 0 fully saturated rings. The lowest BCUT2D eigenvalue weighted by Crippen LogP contribution is -2.16. The van der Waals surface area contributed by atoms with Gasteiger partial charge in [0.25, 0.3) is 0 Å². The van der Waals surface area contributed by atoms with Crippen molar-refractivity contribution < 1.29 is 32.4 Å². The number of anilines is 1. The molecule has 0 atom stereocenters. The van der Waals surface area contributed by atoms with Crippen LogP contribution in [-0.2, 0) is 4.74 Å². The summed E-state index contributed by atoms with van der Waals surface area (Å²) in [5.74, 6) is -1.36. The minimum atomic E-state index is -2.91. The number of hydrogen-bond acceptors (Lipinski definition) is 7. The first kappa shape index (κ1) is 21.0. The van der Waals surface area contributed by atoms with Gasteiger partial charge in [0.05, 0.1) is 5.69 Å². The fraction of sp³-hybridized carbons (Fsp3) is 0.250. The highest BCUT2D eigenvalue weighted by molar-refractivity contribution is 6.01. The Bertz CT molecular complexity index is 1070. The highest BCUT2D eigenvalue weighted by Gasteiger charge is 2.23. The van der Waals surface area contributed by atoms with Gasteiger partial charge < -0.3 is 24.3 Å². The van der Waals surface area contributed by atoms with Crippen LogP contribution in [0.1, 0.15) is 37.8 Å². The standard InChI is InChI=1S/C20H19F2N3O5/c1-10-8-15(16(26)9-28-19(27)17-11(2)24-30-18(17)23)12(3)25(10)13-4-6-14(7-5-13)29-20(21)22/h4-8,20H,9,23H2,1-3H3. The molecule has 2 N–H and O–H groups in total. The lowest BCUT2D eigenvalue weighted by atomic mass is 10.1. The van der Waals surface area contributed by atoms with Crippen LogP contribution in [-0.4, -0.2) is 34.7 Å². The van der Waals surface area contributed by atoms with Crippen molar-refractivity contribution in [2.45, 2.75) is 27.4 Å². The van der Waals surface area contributed by atoms with Crippen LogP contribution < -0.4 is 10.5 Å². The lowest BCUT2D eigenvalue weighted by Gasteiger charge is -2.11. The van der Waals surface area contributed by atoms with Gasteiger partial charge in [-0.15, -0.1) is 0 Å². The van der Waals surface area contributed by atoms with Gasteiger partial charge in [-0.1, -0.05) is 5.16 Å². The summed E-state index contributed by atoms with van der Waals surface area (Å²) in [6.45, 7) is 1.65. The largest absolute Gasteiger partial charge is 0.453 e. The molecule has 3 aromatic rings. The number of nitrogens with zero attached hydrogens (tertiary/aromatic N) is 2. The minimum absolute atomic E-state index is 0.0145. The molecule has 0 amide bonds. The SMILES string of the molecule is Cc1noc(N)c1C(=O)OCC(=O)c1cc(C)n(-c2ccc(OC(F)F)cc2)c1C. The first-order chi connectivity index (χ1) is 14.2.